The Hall–Kier alpha value is -0.560. The third-order valence-corrected chi connectivity index (χ3v) is 1.73. The molecule has 1 N–H and O–H groups in total. The summed E-state index contributed by atoms with van der Waals surface area (Å²) < 4.78 is 0. The van der Waals surface area contributed by atoms with E-state index in [1.54, 1.807) is 6.08 Å². The number of hydrogen-bond donors (Lipinski definition) is 1. The van der Waals surface area contributed by atoms with Gasteiger partial charge in [0.1, 0.15) is 0 Å². The molecular weight excluding hydrogens is 136 g/mol. The Morgan fingerprint density at radius 1 is 1.64 bits per heavy atom. The van der Waals surface area contributed by atoms with Gasteiger partial charge in [-0.3, -0.25) is 0 Å². The molecule has 0 saturated heterocycles. The zero-order valence-electron chi connectivity index (χ0n) is 7.51. The molecule has 1 nitrogen and oxygen atoms in total. The summed E-state index contributed by atoms with van der Waals surface area (Å²) in [5.74, 6) is 0. The fourth-order valence-corrected chi connectivity index (χ4v) is 1.03. The van der Waals surface area contributed by atoms with E-state index < -0.39 is 0 Å². The summed E-state index contributed by atoms with van der Waals surface area (Å²) in [5.41, 5.74) is 1.13. The minimum absolute atomic E-state index is 0.191. The van der Waals surface area contributed by atoms with Gasteiger partial charge in [-0.1, -0.05) is 37.6 Å². The fourth-order valence-electron chi connectivity index (χ4n) is 1.03. The van der Waals surface area contributed by atoms with Crippen LogP contribution in [0.25, 0.3) is 0 Å². The van der Waals surface area contributed by atoms with Crippen LogP contribution in [0.1, 0.15) is 33.1 Å². The van der Waals surface area contributed by atoms with Crippen molar-refractivity contribution in [1.29, 1.82) is 0 Å². The van der Waals surface area contributed by atoms with Gasteiger partial charge in [-0.2, -0.15) is 0 Å². The number of aliphatic hydroxyl groups excluding tert-OH is 1. The van der Waals surface area contributed by atoms with Gasteiger partial charge >= 0.3 is 0 Å². The van der Waals surface area contributed by atoms with Crippen LogP contribution in [-0.4, -0.2) is 11.2 Å². The maximum absolute atomic E-state index is 9.39. The lowest BCUT2D eigenvalue weighted by atomic mass is 10.1. The molecule has 64 valence electrons. The molecule has 0 fully saturated rings. The molecule has 1 unspecified atom stereocenters. The molecule has 0 aromatic rings. The van der Waals surface area contributed by atoms with Gasteiger partial charge in [-0.15, -0.1) is 0 Å². The molecule has 0 aromatic carbocycles. The Balaban J connectivity index is 3.72. The van der Waals surface area contributed by atoms with E-state index in [2.05, 4.69) is 13.5 Å². The lowest BCUT2D eigenvalue weighted by Crippen LogP contribution is -2.05. The van der Waals surface area contributed by atoms with Gasteiger partial charge in [-0.05, 0) is 19.8 Å². The third-order valence-electron chi connectivity index (χ3n) is 1.73. The van der Waals surface area contributed by atoms with Crippen molar-refractivity contribution in [1.82, 2.24) is 0 Å². The highest BCUT2D eigenvalue weighted by Gasteiger charge is 2.02. The van der Waals surface area contributed by atoms with E-state index in [1.807, 2.05) is 13.0 Å². The highest BCUT2D eigenvalue weighted by molar-refractivity contribution is 5.15. The first-order valence-corrected chi connectivity index (χ1v) is 4.20. The molecule has 0 amide bonds. The van der Waals surface area contributed by atoms with E-state index in [0.29, 0.717) is 0 Å². The average Bonchev–Trinajstić information content (AvgIpc) is 2.01. The molecule has 0 aromatic heterocycles. The SMILES string of the molecule is C=C/C(=C\C)CC(O)CCC. The fraction of sp³-hybridized carbons (Fsp3) is 0.600. The Bertz CT molecular complexity index is 136. The summed E-state index contributed by atoms with van der Waals surface area (Å²) in [6.45, 7) is 7.71. The van der Waals surface area contributed by atoms with Gasteiger partial charge in [0.05, 0.1) is 6.10 Å². The minimum Gasteiger partial charge on any atom is -0.393 e. The van der Waals surface area contributed by atoms with Crippen molar-refractivity contribution < 1.29 is 5.11 Å². The van der Waals surface area contributed by atoms with Crippen LogP contribution in [0.4, 0.5) is 0 Å². The molecule has 0 bridgehead atoms. The first kappa shape index (κ1) is 10.4. The van der Waals surface area contributed by atoms with Crippen LogP contribution in [-0.2, 0) is 0 Å². The minimum atomic E-state index is -0.191. The standard InChI is InChI=1S/C10H18O/c1-4-7-10(11)8-9(5-2)6-3/h5-6,10-11H,2,4,7-8H2,1,3H3/b9-6+. The Morgan fingerprint density at radius 3 is 2.64 bits per heavy atom. The zero-order valence-corrected chi connectivity index (χ0v) is 7.51. The van der Waals surface area contributed by atoms with Crippen molar-refractivity contribution in [3.63, 3.8) is 0 Å². The van der Waals surface area contributed by atoms with Crippen molar-refractivity contribution in [3.05, 3.63) is 24.3 Å². The second-order valence-corrected chi connectivity index (χ2v) is 2.71. The summed E-state index contributed by atoms with van der Waals surface area (Å²) in [7, 11) is 0. The molecule has 0 rings (SSSR count). The van der Waals surface area contributed by atoms with Crippen LogP contribution >= 0.6 is 0 Å². The van der Waals surface area contributed by atoms with E-state index in [-0.39, 0.29) is 6.10 Å². The van der Waals surface area contributed by atoms with Crippen LogP contribution in [0, 0.1) is 0 Å². The summed E-state index contributed by atoms with van der Waals surface area (Å²) in [6, 6.07) is 0. The van der Waals surface area contributed by atoms with Crippen LogP contribution in [0.15, 0.2) is 24.3 Å². The summed E-state index contributed by atoms with van der Waals surface area (Å²) in [5, 5.41) is 9.39. The van der Waals surface area contributed by atoms with Crippen molar-refractivity contribution in [2.45, 2.75) is 39.2 Å². The number of allylic oxidation sites excluding steroid dienone is 2. The molecule has 0 aliphatic carbocycles. The average molecular weight is 154 g/mol. The molecule has 0 radical (unpaired) electrons. The number of rotatable bonds is 5. The van der Waals surface area contributed by atoms with E-state index in [0.717, 1.165) is 24.8 Å². The first-order valence-electron chi connectivity index (χ1n) is 4.20. The zero-order chi connectivity index (χ0) is 8.69. The second-order valence-electron chi connectivity index (χ2n) is 2.71. The highest BCUT2D eigenvalue weighted by atomic mass is 16.3. The summed E-state index contributed by atoms with van der Waals surface area (Å²) in [6.07, 6.45) is 6.27. The predicted octanol–water partition coefficient (Wildman–Crippen LogP) is 2.67. The van der Waals surface area contributed by atoms with Crippen molar-refractivity contribution in [3.8, 4) is 0 Å². The third kappa shape index (κ3) is 4.79. The smallest absolute Gasteiger partial charge is 0.0580 e. The first-order chi connectivity index (χ1) is 5.24. The van der Waals surface area contributed by atoms with Gasteiger partial charge in [0, 0.05) is 0 Å². The summed E-state index contributed by atoms with van der Waals surface area (Å²) >= 11 is 0. The Morgan fingerprint density at radius 2 is 2.27 bits per heavy atom. The van der Waals surface area contributed by atoms with Gasteiger partial charge in [0.15, 0.2) is 0 Å². The van der Waals surface area contributed by atoms with Crippen LogP contribution < -0.4 is 0 Å². The molecule has 0 aliphatic heterocycles. The van der Waals surface area contributed by atoms with Crippen LogP contribution in [0.2, 0.25) is 0 Å². The van der Waals surface area contributed by atoms with E-state index in [1.165, 1.54) is 0 Å². The van der Waals surface area contributed by atoms with Crippen molar-refractivity contribution >= 4 is 0 Å². The lowest BCUT2D eigenvalue weighted by Gasteiger charge is -2.08. The summed E-state index contributed by atoms with van der Waals surface area (Å²) in [4.78, 5) is 0. The van der Waals surface area contributed by atoms with E-state index >= 15 is 0 Å². The number of hydrogen-bond acceptors (Lipinski definition) is 1. The predicted molar refractivity (Wildman–Crippen MR) is 49.5 cm³/mol. The van der Waals surface area contributed by atoms with Gasteiger partial charge < -0.3 is 5.11 Å². The second kappa shape index (κ2) is 6.17. The quantitative estimate of drug-likeness (QED) is 0.604. The van der Waals surface area contributed by atoms with E-state index in [4.69, 9.17) is 0 Å². The molecule has 0 saturated carbocycles. The largest absolute Gasteiger partial charge is 0.393 e. The maximum atomic E-state index is 9.39. The highest BCUT2D eigenvalue weighted by Crippen LogP contribution is 2.10. The molecule has 1 atom stereocenters. The Labute approximate surface area is 69.4 Å². The molecule has 0 aliphatic rings. The van der Waals surface area contributed by atoms with E-state index in [9.17, 15) is 5.11 Å². The van der Waals surface area contributed by atoms with Crippen molar-refractivity contribution in [2.24, 2.45) is 0 Å². The van der Waals surface area contributed by atoms with Crippen LogP contribution in [0.5, 0.6) is 0 Å². The van der Waals surface area contributed by atoms with Crippen LogP contribution in [0.3, 0.4) is 0 Å². The Kier molecular flexibility index (Phi) is 5.86. The number of aliphatic hydroxyl groups is 1. The topological polar surface area (TPSA) is 20.2 Å². The monoisotopic (exact) mass is 154 g/mol. The van der Waals surface area contributed by atoms with Crippen molar-refractivity contribution in [2.75, 3.05) is 0 Å². The normalized spacial score (nSPS) is 14.6. The molecule has 1 heteroatoms. The maximum Gasteiger partial charge on any atom is 0.0580 e. The molecule has 0 spiro atoms. The molecule has 11 heavy (non-hydrogen) atoms. The van der Waals surface area contributed by atoms with Gasteiger partial charge in [-0.25, -0.2) is 0 Å². The van der Waals surface area contributed by atoms with Gasteiger partial charge in [0.2, 0.25) is 0 Å². The lowest BCUT2D eigenvalue weighted by molar-refractivity contribution is 0.164. The van der Waals surface area contributed by atoms with Gasteiger partial charge in [0.25, 0.3) is 0 Å². The molecule has 0 heterocycles. The molecular formula is C10H18O.